The first-order valence-electron chi connectivity index (χ1n) is 10.6. The zero-order chi connectivity index (χ0) is 24.0. The van der Waals surface area contributed by atoms with Gasteiger partial charge in [-0.15, -0.1) is 0 Å². The molecule has 1 aliphatic rings. The van der Waals surface area contributed by atoms with E-state index in [1.807, 2.05) is 44.2 Å². The van der Waals surface area contributed by atoms with Gasteiger partial charge in [-0.05, 0) is 37.6 Å². The quantitative estimate of drug-likeness (QED) is 0.541. The van der Waals surface area contributed by atoms with E-state index in [0.717, 1.165) is 23.8 Å². The SMILES string of the molecule is CC(C)N(Cc1ccccc1)C(=O)COC(=O)c1cc(S(=O)(=O)N2CCOCC2)ccc1F. The summed E-state index contributed by atoms with van der Waals surface area (Å²) >= 11 is 0. The number of hydrogen-bond acceptors (Lipinski definition) is 6. The zero-order valence-electron chi connectivity index (χ0n) is 18.6. The van der Waals surface area contributed by atoms with Crippen LogP contribution in [-0.4, -0.2) is 68.5 Å². The number of carbonyl (C=O) groups excluding carboxylic acids is 2. The van der Waals surface area contributed by atoms with Crippen molar-refractivity contribution in [1.82, 2.24) is 9.21 Å². The molecule has 0 aliphatic carbocycles. The highest BCUT2D eigenvalue weighted by Gasteiger charge is 2.28. The van der Waals surface area contributed by atoms with Crippen LogP contribution < -0.4 is 0 Å². The van der Waals surface area contributed by atoms with Crippen LogP contribution in [-0.2, 0) is 30.8 Å². The Morgan fingerprint density at radius 2 is 1.79 bits per heavy atom. The minimum absolute atomic E-state index is 0.157. The number of halogens is 1. The fourth-order valence-electron chi connectivity index (χ4n) is 3.38. The molecule has 2 aromatic rings. The maximum Gasteiger partial charge on any atom is 0.341 e. The predicted molar refractivity (Wildman–Crippen MR) is 118 cm³/mol. The normalized spacial score (nSPS) is 14.8. The molecule has 0 atom stereocenters. The Hall–Kier alpha value is -2.82. The van der Waals surface area contributed by atoms with Gasteiger partial charge in [0.05, 0.1) is 23.7 Å². The Kier molecular flexibility index (Phi) is 8.17. The van der Waals surface area contributed by atoms with Gasteiger partial charge < -0.3 is 14.4 Å². The van der Waals surface area contributed by atoms with Crippen molar-refractivity contribution in [2.75, 3.05) is 32.9 Å². The Morgan fingerprint density at radius 1 is 1.12 bits per heavy atom. The minimum Gasteiger partial charge on any atom is -0.452 e. The Balaban J connectivity index is 1.70. The van der Waals surface area contributed by atoms with Crippen LogP contribution in [0.5, 0.6) is 0 Å². The summed E-state index contributed by atoms with van der Waals surface area (Å²) in [6.45, 7) is 4.26. The number of benzene rings is 2. The molecule has 0 bridgehead atoms. The monoisotopic (exact) mass is 478 g/mol. The first-order chi connectivity index (χ1) is 15.7. The van der Waals surface area contributed by atoms with Gasteiger partial charge in [0, 0.05) is 25.7 Å². The van der Waals surface area contributed by atoms with Crippen molar-refractivity contribution in [3.05, 3.63) is 65.5 Å². The molecule has 1 heterocycles. The smallest absolute Gasteiger partial charge is 0.341 e. The van der Waals surface area contributed by atoms with Gasteiger partial charge in [-0.25, -0.2) is 17.6 Å². The van der Waals surface area contributed by atoms with E-state index in [1.54, 1.807) is 0 Å². The van der Waals surface area contributed by atoms with Gasteiger partial charge in [0.2, 0.25) is 10.0 Å². The maximum absolute atomic E-state index is 14.3. The first kappa shape index (κ1) is 24.8. The van der Waals surface area contributed by atoms with Crippen molar-refractivity contribution in [2.45, 2.75) is 31.3 Å². The zero-order valence-corrected chi connectivity index (χ0v) is 19.4. The summed E-state index contributed by atoms with van der Waals surface area (Å²) in [5, 5.41) is 0. The van der Waals surface area contributed by atoms with Crippen LogP contribution in [0.2, 0.25) is 0 Å². The van der Waals surface area contributed by atoms with Gasteiger partial charge in [-0.1, -0.05) is 30.3 Å². The van der Waals surface area contributed by atoms with Gasteiger partial charge >= 0.3 is 5.97 Å². The Labute approximate surface area is 192 Å². The van der Waals surface area contributed by atoms with Crippen molar-refractivity contribution < 1.29 is 31.9 Å². The van der Waals surface area contributed by atoms with E-state index in [0.29, 0.717) is 6.54 Å². The fourth-order valence-corrected chi connectivity index (χ4v) is 4.82. The molecule has 0 N–H and O–H groups in total. The largest absolute Gasteiger partial charge is 0.452 e. The van der Waals surface area contributed by atoms with Crippen LogP contribution in [0.3, 0.4) is 0 Å². The van der Waals surface area contributed by atoms with Gasteiger partial charge in [-0.3, -0.25) is 4.79 Å². The molecule has 8 nitrogen and oxygen atoms in total. The molecule has 1 saturated heterocycles. The van der Waals surface area contributed by atoms with Crippen molar-refractivity contribution in [3.8, 4) is 0 Å². The molecule has 0 radical (unpaired) electrons. The van der Waals surface area contributed by atoms with Crippen molar-refractivity contribution in [2.24, 2.45) is 0 Å². The molecule has 0 spiro atoms. The lowest BCUT2D eigenvalue weighted by Gasteiger charge is -2.27. The number of esters is 1. The molecule has 178 valence electrons. The van der Waals surface area contributed by atoms with Gasteiger partial charge in [-0.2, -0.15) is 4.31 Å². The third-order valence-corrected chi connectivity index (χ3v) is 7.13. The molecule has 0 unspecified atom stereocenters. The van der Waals surface area contributed by atoms with E-state index >= 15 is 0 Å². The maximum atomic E-state index is 14.3. The number of rotatable bonds is 8. The molecule has 0 aromatic heterocycles. The highest BCUT2D eigenvalue weighted by molar-refractivity contribution is 7.89. The summed E-state index contributed by atoms with van der Waals surface area (Å²) in [5.41, 5.74) is 0.370. The Morgan fingerprint density at radius 3 is 2.42 bits per heavy atom. The Bertz CT molecular complexity index is 1090. The fraction of sp³-hybridized carbons (Fsp3) is 0.391. The second-order valence-electron chi connectivity index (χ2n) is 7.84. The highest BCUT2D eigenvalue weighted by Crippen LogP contribution is 2.21. The number of nitrogens with zero attached hydrogens (tertiary/aromatic N) is 2. The van der Waals surface area contributed by atoms with E-state index in [-0.39, 0.29) is 37.2 Å². The number of morpholine rings is 1. The van der Waals surface area contributed by atoms with E-state index < -0.39 is 39.9 Å². The molecule has 1 aliphatic heterocycles. The molecular weight excluding hydrogens is 451 g/mol. The van der Waals surface area contributed by atoms with E-state index in [1.165, 1.54) is 9.21 Å². The lowest BCUT2D eigenvalue weighted by molar-refractivity contribution is -0.136. The van der Waals surface area contributed by atoms with Gasteiger partial charge in [0.25, 0.3) is 5.91 Å². The van der Waals surface area contributed by atoms with E-state index in [4.69, 9.17) is 9.47 Å². The van der Waals surface area contributed by atoms with E-state index in [9.17, 15) is 22.4 Å². The molecule has 1 amide bonds. The summed E-state index contributed by atoms with van der Waals surface area (Å²) < 4.78 is 51.4. The topological polar surface area (TPSA) is 93.2 Å². The van der Waals surface area contributed by atoms with Crippen LogP contribution in [0.25, 0.3) is 0 Å². The summed E-state index contributed by atoms with van der Waals surface area (Å²) in [5.74, 6) is -2.48. The molecule has 0 saturated carbocycles. The lowest BCUT2D eigenvalue weighted by Crippen LogP contribution is -2.40. The predicted octanol–water partition coefficient (Wildman–Crippen LogP) is 2.44. The average molecular weight is 479 g/mol. The first-order valence-corrected chi connectivity index (χ1v) is 12.0. The second-order valence-corrected chi connectivity index (χ2v) is 9.77. The number of amides is 1. The van der Waals surface area contributed by atoms with Gasteiger partial charge in [0.15, 0.2) is 6.61 Å². The van der Waals surface area contributed by atoms with Crippen molar-refractivity contribution in [1.29, 1.82) is 0 Å². The molecule has 33 heavy (non-hydrogen) atoms. The minimum atomic E-state index is -3.92. The standard InChI is InChI=1S/C23H27FN2O6S/c1-17(2)26(15-18-6-4-3-5-7-18)22(27)16-32-23(28)20-14-19(8-9-21(20)24)33(29,30)25-10-12-31-13-11-25/h3-9,14,17H,10-13,15-16H2,1-2H3. The summed E-state index contributed by atoms with van der Waals surface area (Å²) in [7, 11) is -3.92. The molecule has 10 heteroatoms. The van der Waals surface area contributed by atoms with Crippen LogP contribution in [0.1, 0.15) is 29.8 Å². The van der Waals surface area contributed by atoms with Gasteiger partial charge in [0.1, 0.15) is 5.82 Å². The molecule has 1 fully saturated rings. The van der Waals surface area contributed by atoms with Crippen LogP contribution in [0.4, 0.5) is 4.39 Å². The molecule has 2 aromatic carbocycles. The number of ether oxygens (including phenoxy) is 2. The lowest BCUT2D eigenvalue weighted by atomic mass is 10.2. The summed E-state index contributed by atoms with van der Waals surface area (Å²) in [6.07, 6.45) is 0. The highest BCUT2D eigenvalue weighted by atomic mass is 32.2. The van der Waals surface area contributed by atoms with Crippen molar-refractivity contribution >= 4 is 21.9 Å². The third kappa shape index (κ3) is 6.16. The number of carbonyl (C=O) groups is 2. The molecular formula is C23H27FN2O6S. The molecule has 3 rings (SSSR count). The summed E-state index contributed by atoms with van der Waals surface area (Å²) in [4.78, 5) is 26.5. The van der Waals surface area contributed by atoms with Crippen molar-refractivity contribution in [3.63, 3.8) is 0 Å². The van der Waals surface area contributed by atoms with Crippen LogP contribution in [0.15, 0.2) is 53.4 Å². The second kappa shape index (κ2) is 10.9. The van der Waals surface area contributed by atoms with E-state index in [2.05, 4.69) is 0 Å². The number of sulfonamides is 1. The number of hydrogen-bond donors (Lipinski definition) is 0. The average Bonchev–Trinajstić information content (AvgIpc) is 2.82. The van der Waals surface area contributed by atoms with Crippen LogP contribution >= 0.6 is 0 Å². The third-order valence-electron chi connectivity index (χ3n) is 5.23. The van der Waals surface area contributed by atoms with Crippen LogP contribution in [0, 0.1) is 5.82 Å². The summed E-state index contributed by atoms with van der Waals surface area (Å²) in [6, 6.07) is 12.1.